The van der Waals surface area contributed by atoms with Crippen LogP contribution in [0.15, 0.2) is 18.5 Å². The molecule has 0 atom stereocenters. The normalized spacial score (nSPS) is 11.4. The van der Waals surface area contributed by atoms with Crippen molar-refractivity contribution in [3.05, 3.63) is 30.0 Å². The SMILES string of the molecule is CC(C)c1ncc(C(=O)/C=C/N(C)C)n1C. The molecule has 0 aliphatic rings. The molecule has 4 heteroatoms. The third kappa shape index (κ3) is 2.72. The lowest BCUT2D eigenvalue weighted by molar-refractivity contribution is 0.103. The zero-order valence-corrected chi connectivity index (χ0v) is 10.6. The lowest BCUT2D eigenvalue weighted by Gasteiger charge is -2.07. The van der Waals surface area contributed by atoms with E-state index in [1.165, 1.54) is 0 Å². The molecule has 0 unspecified atom stereocenters. The number of ketones is 1. The van der Waals surface area contributed by atoms with Gasteiger partial charge in [0, 0.05) is 39.3 Å². The lowest BCUT2D eigenvalue weighted by atomic mass is 10.2. The number of rotatable bonds is 4. The van der Waals surface area contributed by atoms with E-state index in [1.807, 2.05) is 30.6 Å². The topological polar surface area (TPSA) is 38.1 Å². The molecule has 1 rings (SSSR count). The van der Waals surface area contributed by atoms with E-state index in [4.69, 9.17) is 0 Å². The average molecular weight is 221 g/mol. The van der Waals surface area contributed by atoms with E-state index in [0.29, 0.717) is 11.6 Å². The fourth-order valence-corrected chi connectivity index (χ4v) is 1.49. The molecule has 0 saturated carbocycles. The summed E-state index contributed by atoms with van der Waals surface area (Å²) in [4.78, 5) is 17.9. The Balaban J connectivity index is 2.93. The standard InChI is InChI=1S/C12H19N3O/c1-9(2)12-13-8-10(15(12)5)11(16)6-7-14(3)4/h6-9H,1-5H3/b7-6+. The number of allylic oxidation sites excluding steroid dienone is 1. The number of carbonyl (C=O) groups excluding carboxylic acids is 1. The van der Waals surface area contributed by atoms with Gasteiger partial charge in [0.05, 0.1) is 6.20 Å². The molecule has 0 aromatic carbocycles. The molecule has 0 aliphatic carbocycles. The third-order valence-electron chi connectivity index (χ3n) is 2.32. The van der Waals surface area contributed by atoms with Crippen molar-refractivity contribution in [1.29, 1.82) is 0 Å². The Morgan fingerprint density at radius 3 is 2.56 bits per heavy atom. The van der Waals surface area contributed by atoms with Crippen LogP contribution in [0.1, 0.15) is 36.1 Å². The van der Waals surface area contributed by atoms with Crippen molar-refractivity contribution >= 4 is 5.78 Å². The smallest absolute Gasteiger partial charge is 0.205 e. The summed E-state index contributed by atoms with van der Waals surface area (Å²) in [5.41, 5.74) is 0.627. The summed E-state index contributed by atoms with van der Waals surface area (Å²) < 4.78 is 1.85. The molecule has 16 heavy (non-hydrogen) atoms. The number of aromatic nitrogens is 2. The Hall–Kier alpha value is -1.58. The highest BCUT2D eigenvalue weighted by Crippen LogP contribution is 2.14. The molecule has 0 saturated heterocycles. The van der Waals surface area contributed by atoms with Crippen LogP contribution in [0.5, 0.6) is 0 Å². The summed E-state index contributed by atoms with van der Waals surface area (Å²) in [6.45, 7) is 4.12. The van der Waals surface area contributed by atoms with Crippen LogP contribution in [0.25, 0.3) is 0 Å². The van der Waals surface area contributed by atoms with Gasteiger partial charge in [0.2, 0.25) is 5.78 Å². The zero-order chi connectivity index (χ0) is 12.3. The van der Waals surface area contributed by atoms with Gasteiger partial charge in [-0.25, -0.2) is 4.98 Å². The second-order valence-electron chi connectivity index (χ2n) is 4.36. The minimum absolute atomic E-state index is 0.0180. The first kappa shape index (κ1) is 12.5. The highest BCUT2D eigenvalue weighted by molar-refractivity contribution is 6.03. The van der Waals surface area contributed by atoms with Gasteiger partial charge < -0.3 is 9.47 Å². The summed E-state index contributed by atoms with van der Waals surface area (Å²) in [5, 5.41) is 0. The van der Waals surface area contributed by atoms with Crippen molar-refractivity contribution < 1.29 is 4.79 Å². The maximum Gasteiger partial charge on any atom is 0.205 e. The summed E-state index contributed by atoms with van der Waals surface area (Å²) >= 11 is 0. The van der Waals surface area contributed by atoms with E-state index in [-0.39, 0.29) is 5.78 Å². The number of hydrogen-bond donors (Lipinski definition) is 0. The van der Waals surface area contributed by atoms with Gasteiger partial charge in [-0.3, -0.25) is 4.79 Å². The third-order valence-corrected chi connectivity index (χ3v) is 2.32. The average Bonchev–Trinajstić information content (AvgIpc) is 2.56. The van der Waals surface area contributed by atoms with E-state index in [2.05, 4.69) is 18.8 Å². The molecule has 0 fully saturated rings. The largest absolute Gasteiger partial charge is 0.383 e. The Kier molecular flexibility index (Phi) is 3.88. The first-order valence-corrected chi connectivity index (χ1v) is 5.34. The number of carbonyl (C=O) groups is 1. The van der Waals surface area contributed by atoms with Crippen LogP contribution in [0.3, 0.4) is 0 Å². The Bertz CT molecular complexity index is 402. The second kappa shape index (κ2) is 4.96. The van der Waals surface area contributed by atoms with Gasteiger partial charge in [-0.05, 0) is 0 Å². The fourth-order valence-electron chi connectivity index (χ4n) is 1.49. The van der Waals surface area contributed by atoms with Crippen molar-refractivity contribution in [3.63, 3.8) is 0 Å². The molecule has 1 heterocycles. The van der Waals surface area contributed by atoms with Crippen LogP contribution in [0.4, 0.5) is 0 Å². The fraction of sp³-hybridized carbons (Fsp3) is 0.500. The van der Waals surface area contributed by atoms with Crippen molar-refractivity contribution in [2.24, 2.45) is 7.05 Å². The minimum atomic E-state index is -0.0180. The van der Waals surface area contributed by atoms with E-state index in [9.17, 15) is 4.79 Å². The van der Waals surface area contributed by atoms with E-state index >= 15 is 0 Å². The first-order valence-electron chi connectivity index (χ1n) is 5.34. The monoisotopic (exact) mass is 221 g/mol. The molecule has 1 aromatic rings. The molecule has 0 spiro atoms. The Morgan fingerprint density at radius 1 is 1.50 bits per heavy atom. The van der Waals surface area contributed by atoms with Crippen molar-refractivity contribution in [3.8, 4) is 0 Å². The summed E-state index contributed by atoms with van der Waals surface area (Å²) in [7, 11) is 5.64. The number of imidazole rings is 1. The minimum Gasteiger partial charge on any atom is -0.383 e. The number of hydrogen-bond acceptors (Lipinski definition) is 3. The molecule has 4 nitrogen and oxygen atoms in total. The zero-order valence-electron chi connectivity index (χ0n) is 10.6. The van der Waals surface area contributed by atoms with Gasteiger partial charge >= 0.3 is 0 Å². The highest BCUT2D eigenvalue weighted by atomic mass is 16.1. The first-order chi connectivity index (χ1) is 7.43. The van der Waals surface area contributed by atoms with Crippen LogP contribution in [-0.2, 0) is 7.05 Å². The maximum atomic E-state index is 11.8. The lowest BCUT2D eigenvalue weighted by Crippen LogP contribution is -2.08. The predicted molar refractivity (Wildman–Crippen MR) is 64.5 cm³/mol. The van der Waals surface area contributed by atoms with Crippen LogP contribution < -0.4 is 0 Å². The van der Waals surface area contributed by atoms with E-state index in [0.717, 1.165) is 5.82 Å². The molecular weight excluding hydrogens is 202 g/mol. The number of nitrogens with zero attached hydrogens (tertiary/aromatic N) is 3. The quantitative estimate of drug-likeness (QED) is 0.575. The van der Waals surface area contributed by atoms with Gasteiger partial charge in [0.15, 0.2) is 0 Å². The van der Waals surface area contributed by atoms with Crippen molar-refractivity contribution in [2.75, 3.05) is 14.1 Å². The van der Waals surface area contributed by atoms with Crippen LogP contribution in [0, 0.1) is 0 Å². The second-order valence-corrected chi connectivity index (χ2v) is 4.36. The van der Waals surface area contributed by atoms with Gasteiger partial charge in [0.25, 0.3) is 0 Å². The highest BCUT2D eigenvalue weighted by Gasteiger charge is 2.13. The van der Waals surface area contributed by atoms with Crippen LogP contribution in [-0.4, -0.2) is 34.3 Å². The molecule has 88 valence electrons. The van der Waals surface area contributed by atoms with Crippen molar-refractivity contribution in [2.45, 2.75) is 19.8 Å². The van der Waals surface area contributed by atoms with Crippen molar-refractivity contribution in [1.82, 2.24) is 14.5 Å². The predicted octanol–water partition coefficient (Wildman–Crippen LogP) is 1.80. The van der Waals surface area contributed by atoms with Gasteiger partial charge in [-0.1, -0.05) is 13.8 Å². The molecular formula is C12H19N3O. The molecule has 0 radical (unpaired) electrons. The van der Waals surface area contributed by atoms with Crippen LogP contribution >= 0.6 is 0 Å². The van der Waals surface area contributed by atoms with E-state index < -0.39 is 0 Å². The van der Waals surface area contributed by atoms with Gasteiger partial charge in [-0.15, -0.1) is 0 Å². The van der Waals surface area contributed by atoms with Crippen LogP contribution in [0.2, 0.25) is 0 Å². The molecule has 1 aromatic heterocycles. The molecule has 0 aliphatic heterocycles. The molecule has 0 amide bonds. The van der Waals surface area contributed by atoms with Gasteiger partial charge in [-0.2, -0.15) is 0 Å². The maximum absolute atomic E-state index is 11.8. The van der Waals surface area contributed by atoms with E-state index in [1.54, 1.807) is 18.5 Å². The molecule has 0 bridgehead atoms. The summed E-state index contributed by atoms with van der Waals surface area (Å²) in [6, 6.07) is 0. The Labute approximate surface area is 96.6 Å². The summed E-state index contributed by atoms with van der Waals surface area (Å²) in [6.07, 6.45) is 4.93. The molecule has 0 N–H and O–H groups in total. The summed E-state index contributed by atoms with van der Waals surface area (Å²) in [5.74, 6) is 1.24. The van der Waals surface area contributed by atoms with Gasteiger partial charge in [0.1, 0.15) is 11.5 Å². The Morgan fingerprint density at radius 2 is 2.12 bits per heavy atom.